The van der Waals surface area contributed by atoms with Crippen molar-refractivity contribution >= 4 is 22.7 Å². The molecule has 5 heteroatoms. The van der Waals surface area contributed by atoms with E-state index >= 15 is 0 Å². The Morgan fingerprint density at radius 3 is 2.33 bits per heavy atom. The summed E-state index contributed by atoms with van der Waals surface area (Å²) in [6.07, 6.45) is 1.04. The molecule has 0 amide bonds. The van der Waals surface area contributed by atoms with Gasteiger partial charge in [-0.15, -0.1) is 0 Å². The van der Waals surface area contributed by atoms with Gasteiger partial charge in [-0.1, -0.05) is 30.8 Å². The van der Waals surface area contributed by atoms with E-state index in [1.54, 1.807) is 12.1 Å². The molecule has 5 nitrogen and oxygen atoms in total. The van der Waals surface area contributed by atoms with Crippen LogP contribution < -0.4 is 14.2 Å². The van der Waals surface area contributed by atoms with Crippen LogP contribution >= 0.6 is 0 Å². The van der Waals surface area contributed by atoms with Crippen molar-refractivity contribution in [2.24, 2.45) is 0 Å². The van der Waals surface area contributed by atoms with E-state index in [2.05, 4.69) is 6.58 Å². The summed E-state index contributed by atoms with van der Waals surface area (Å²) < 4.78 is 15.6. The third kappa shape index (κ3) is 3.02. The van der Waals surface area contributed by atoms with E-state index in [0.717, 1.165) is 11.5 Å². The normalized spacial score (nSPS) is 10.0. The minimum absolute atomic E-state index is 0.119. The predicted octanol–water partition coefficient (Wildman–Crippen LogP) is 2.87. The Balaban J connectivity index is 2.72. The van der Waals surface area contributed by atoms with Crippen molar-refractivity contribution in [1.29, 1.82) is 0 Å². The number of rotatable bonds is 4. The minimum Gasteiger partial charge on any atom is -0.496 e. The third-order valence-corrected chi connectivity index (χ3v) is 2.77. The Bertz CT molecular complexity index is 718. The lowest BCUT2D eigenvalue weighted by Crippen LogP contribution is -2.08. The summed E-state index contributed by atoms with van der Waals surface area (Å²) in [7, 11) is 1.51. The fourth-order valence-corrected chi connectivity index (χ4v) is 1.94. The Hall–Kier alpha value is -2.82. The molecule has 21 heavy (non-hydrogen) atoms. The van der Waals surface area contributed by atoms with Gasteiger partial charge in [-0.25, -0.2) is 4.79 Å². The first-order chi connectivity index (χ1) is 10.1. The number of fused-ring (bicyclic) bond motifs is 1. The highest BCUT2D eigenvalue weighted by molar-refractivity contribution is 5.98. The topological polar surface area (TPSA) is 61.8 Å². The number of carbonyl (C=O) groups is 2. The van der Waals surface area contributed by atoms with Gasteiger partial charge in [-0.2, -0.15) is 0 Å². The van der Waals surface area contributed by atoms with Gasteiger partial charge in [0.25, 0.3) is 0 Å². The molecule has 0 saturated carbocycles. The summed E-state index contributed by atoms with van der Waals surface area (Å²) in [6, 6.07) is 8.68. The van der Waals surface area contributed by atoms with Crippen molar-refractivity contribution in [3.8, 4) is 17.2 Å². The van der Waals surface area contributed by atoms with Crippen LogP contribution in [0.2, 0.25) is 0 Å². The first-order valence-electron chi connectivity index (χ1n) is 6.19. The molecule has 0 heterocycles. The Morgan fingerprint density at radius 1 is 1.10 bits per heavy atom. The van der Waals surface area contributed by atoms with Gasteiger partial charge in [0.1, 0.15) is 5.75 Å². The van der Waals surface area contributed by atoms with Gasteiger partial charge in [-0.05, 0) is 0 Å². The number of carbonyl (C=O) groups excluding carboxylic acids is 2. The third-order valence-electron chi connectivity index (χ3n) is 2.77. The van der Waals surface area contributed by atoms with Gasteiger partial charge >= 0.3 is 11.9 Å². The second-order valence-electron chi connectivity index (χ2n) is 4.17. The van der Waals surface area contributed by atoms with Crippen molar-refractivity contribution < 1.29 is 23.8 Å². The standard InChI is InChI=1S/C16H14O5/c1-4-15(18)21-16-12-8-6-5-7-11(12)13(19-3)9-14(16)20-10(2)17/h4-9H,1H2,2-3H3. The number of hydrogen-bond acceptors (Lipinski definition) is 5. The SMILES string of the molecule is C=CC(=O)Oc1c(OC(C)=O)cc(OC)c2ccccc12. The van der Waals surface area contributed by atoms with Gasteiger partial charge in [0.2, 0.25) is 0 Å². The first-order valence-corrected chi connectivity index (χ1v) is 6.19. The minimum atomic E-state index is -0.640. The van der Waals surface area contributed by atoms with E-state index in [1.165, 1.54) is 20.1 Å². The molecule has 0 unspecified atom stereocenters. The highest BCUT2D eigenvalue weighted by Crippen LogP contribution is 2.41. The second-order valence-corrected chi connectivity index (χ2v) is 4.17. The van der Waals surface area contributed by atoms with Crippen molar-refractivity contribution in [2.45, 2.75) is 6.92 Å². The maximum absolute atomic E-state index is 11.5. The van der Waals surface area contributed by atoms with Crippen LogP contribution in [0.25, 0.3) is 10.8 Å². The molecule has 0 fully saturated rings. The number of ether oxygens (including phenoxy) is 3. The van der Waals surface area contributed by atoms with Crippen molar-refractivity contribution in [3.63, 3.8) is 0 Å². The van der Waals surface area contributed by atoms with Crippen LogP contribution in [0, 0.1) is 0 Å². The average molecular weight is 286 g/mol. The molecule has 0 aromatic heterocycles. The molecular weight excluding hydrogens is 272 g/mol. The zero-order valence-electron chi connectivity index (χ0n) is 11.7. The molecule has 0 spiro atoms. The van der Waals surface area contributed by atoms with Crippen molar-refractivity contribution in [2.75, 3.05) is 7.11 Å². The van der Waals surface area contributed by atoms with Gasteiger partial charge in [-0.3, -0.25) is 4.79 Å². The quantitative estimate of drug-likeness (QED) is 0.491. The zero-order valence-corrected chi connectivity index (χ0v) is 11.7. The molecule has 108 valence electrons. The van der Waals surface area contributed by atoms with E-state index in [9.17, 15) is 9.59 Å². The van der Waals surface area contributed by atoms with Crippen molar-refractivity contribution in [3.05, 3.63) is 43.0 Å². The van der Waals surface area contributed by atoms with Crippen LogP contribution in [0.4, 0.5) is 0 Å². The molecule has 0 aliphatic heterocycles. The highest BCUT2D eigenvalue weighted by Gasteiger charge is 2.18. The summed E-state index contributed by atoms with van der Waals surface area (Å²) in [5, 5.41) is 1.34. The summed E-state index contributed by atoms with van der Waals surface area (Å²) in [5.74, 6) is -0.373. The van der Waals surface area contributed by atoms with E-state index in [-0.39, 0.29) is 11.5 Å². The van der Waals surface area contributed by atoms with E-state index in [0.29, 0.717) is 11.1 Å². The Labute approximate surface area is 121 Å². The second kappa shape index (κ2) is 6.09. The first kappa shape index (κ1) is 14.6. The predicted molar refractivity (Wildman–Crippen MR) is 77.6 cm³/mol. The number of hydrogen-bond donors (Lipinski definition) is 0. The molecule has 0 atom stereocenters. The fourth-order valence-electron chi connectivity index (χ4n) is 1.94. The lowest BCUT2D eigenvalue weighted by Gasteiger charge is -2.14. The van der Waals surface area contributed by atoms with Crippen molar-refractivity contribution in [1.82, 2.24) is 0 Å². The lowest BCUT2D eigenvalue weighted by atomic mass is 10.1. The van der Waals surface area contributed by atoms with Crippen LogP contribution in [0.15, 0.2) is 43.0 Å². The molecule has 0 saturated heterocycles. The summed E-state index contributed by atoms with van der Waals surface area (Å²) >= 11 is 0. The van der Waals surface area contributed by atoms with Crippen LogP contribution in [0.1, 0.15) is 6.92 Å². The molecule has 0 aliphatic carbocycles. The van der Waals surface area contributed by atoms with Crippen LogP contribution in [0.3, 0.4) is 0 Å². The van der Waals surface area contributed by atoms with Crippen LogP contribution in [-0.2, 0) is 9.59 Å². The lowest BCUT2D eigenvalue weighted by molar-refractivity contribution is -0.133. The molecule has 0 N–H and O–H groups in total. The van der Waals surface area contributed by atoms with E-state index in [1.807, 2.05) is 12.1 Å². The Morgan fingerprint density at radius 2 is 1.76 bits per heavy atom. The van der Waals surface area contributed by atoms with Gasteiger partial charge in [0.05, 0.1) is 7.11 Å². The van der Waals surface area contributed by atoms with Gasteiger partial charge in [0, 0.05) is 29.8 Å². The van der Waals surface area contributed by atoms with Crippen LogP contribution in [0.5, 0.6) is 17.2 Å². The maximum Gasteiger partial charge on any atom is 0.335 e. The summed E-state index contributed by atoms with van der Waals surface area (Å²) in [6.45, 7) is 4.62. The largest absolute Gasteiger partial charge is 0.496 e. The number of esters is 2. The fraction of sp³-hybridized carbons (Fsp3) is 0.125. The maximum atomic E-state index is 11.5. The molecule has 2 aromatic carbocycles. The summed E-state index contributed by atoms with van der Waals surface area (Å²) in [5.41, 5.74) is 0. The smallest absolute Gasteiger partial charge is 0.335 e. The molecule has 0 radical (unpaired) electrons. The Kier molecular flexibility index (Phi) is 4.23. The van der Waals surface area contributed by atoms with Crippen LogP contribution in [-0.4, -0.2) is 19.0 Å². The summed E-state index contributed by atoms with van der Waals surface area (Å²) in [4.78, 5) is 22.7. The molecular formula is C16H14O5. The number of benzene rings is 2. The molecule has 2 rings (SSSR count). The monoisotopic (exact) mass is 286 g/mol. The average Bonchev–Trinajstić information content (AvgIpc) is 2.48. The molecule has 2 aromatic rings. The zero-order chi connectivity index (χ0) is 15.4. The van der Waals surface area contributed by atoms with E-state index < -0.39 is 11.9 Å². The highest BCUT2D eigenvalue weighted by atomic mass is 16.6. The van der Waals surface area contributed by atoms with Gasteiger partial charge in [0.15, 0.2) is 11.5 Å². The van der Waals surface area contributed by atoms with Gasteiger partial charge < -0.3 is 14.2 Å². The number of methoxy groups -OCH3 is 1. The molecule has 0 aliphatic rings. The van der Waals surface area contributed by atoms with E-state index in [4.69, 9.17) is 14.2 Å². The molecule has 0 bridgehead atoms.